The Labute approximate surface area is 163 Å². The van der Waals surface area contributed by atoms with Crippen molar-refractivity contribution in [2.45, 2.75) is 35.9 Å². The van der Waals surface area contributed by atoms with Crippen molar-refractivity contribution in [3.63, 3.8) is 0 Å². The smallest absolute Gasteiger partial charge is 0.253 e. The first-order valence-electron chi connectivity index (χ1n) is 8.56. The lowest BCUT2D eigenvalue weighted by atomic mass is 10.0. The second-order valence-electron chi connectivity index (χ2n) is 6.23. The molecule has 1 N–H and O–H groups in total. The van der Waals surface area contributed by atoms with Gasteiger partial charge in [-0.1, -0.05) is 36.2 Å². The number of rotatable bonds is 6. The Morgan fingerprint density at radius 2 is 2.12 bits per heavy atom. The molecule has 5 nitrogen and oxygen atoms in total. The van der Waals surface area contributed by atoms with Crippen LogP contribution < -0.4 is 5.32 Å². The normalized spacial score (nSPS) is 18.6. The van der Waals surface area contributed by atoms with Gasteiger partial charge < -0.3 is 5.32 Å². The van der Waals surface area contributed by atoms with Crippen molar-refractivity contribution >= 4 is 38.9 Å². The van der Waals surface area contributed by atoms with Gasteiger partial charge in [0.2, 0.25) is 5.91 Å². The minimum atomic E-state index is -3.62. The first-order valence-corrected chi connectivity index (χ1v) is 11.3. The minimum Gasteiger partial charge on any atom is -0.354 e. The van der Waals surface area contributed by atoms with E-state index < -0.39 is 16.1 Å². The number of carbonyl (C=O) groups excluding carboxylic acids is 1. The summed E-state index contributed by atoms with van der Waals surface area (Å²) in [5.41, 5.74) is 1.03. The van der Waals surface area contributed by atoms with Crippen LogP contribution in [0.25, 0.3) is 0 Å². The highest BCUT2D eigenvalue weighted by molar-refractivity contribution is 7.91. The number of carbonyl (C=O) groups is 1. The molecule has 1 atom stereocenters. The second kappa shape index (κ2) is 8.52. The van der Waals surface area contributed by atoms with Gasteiger partial charge in [0, 0.05) is 18.1 Å². The molecule has 3 rings (SSSR count). The van der Waals surface area contributed by atoms with E-state index in [4.69, 9.17) is 11.6 Å². The lowest BCUT2D eigenvalue weighted by Gasteiger charge is -2.33. The highest BCUT2D eigenvalue weighted by Crippen LogP contribution is 2.28. The quantitative estimate of drug-likeness (QED) is 0.791. The van der Waals surface area contributed by atoms with Crippen LogP contribution in [-0.4, -0.2) is 37.8 Å². The molecule has 0 radical (unpaired) electrons. The molecule has 1 fully saturated rings. The van der Waals surface area contributed by atoms with Crippen LogP contribution in [0.15, 0.2) is 46.0 Å². The van der Waals surface area contributed by atoms with E-state index in [-0.39, 0.29) is 10.1 Å². The maximum atomic E-state index is 12.8. The molecule has 140 valence electrons. The molecule has 1 saturated heterocycles. The Bertz CT molecular complexity index is 853. The van der Waals surface area contributed by atoms with Gasteiger partial charge in [0.05, 0.1) is 0 Å². The highest BCUT2D eigenvalue weighted by atomic mass is 35.5. The molecule has 8 heteroatoms. The monoisotopic (exact) mass is 412 g/mol. The highest BCUT2D eigenvalue weighted by Gasteiger charge is 2.37. The largest absolute Gasteiger partial charge is 0.354 e. The molecule has 2 heterocycles. The van der Waals surface area contributed by atoms with Gasteiger partial charge in [0.15, 0.2) is 0 Å². The van der Waals surface area contributed by atoms with Gasteiger partial charge in [-0.3, -0.25) is 4.79 Å². The van der Waals surface area contributed by atoms with E-state index in [2.05, 4.69) is 5.32 Å². The van der Waals surface area contributed by atoms with Gasteiger partial charge in [-0.2, -0.15) is 4.31 Å². The minimum absolute atomic E-state index is 0.230. The van der Waals surface area contributed by atoms with Crippen LogP contribution in [0, 0.1) is 0 Å². The van der Waals surface area contributed by atoms with E-state index in [9.17, 15) is 13.2 Å². The molecule has 1 amide bonds. The zero-order chi connectivity index (χ0) is 18.6. The van der Waals surface area contributed by atoms with Crippen molar-refractivity contribution in [1.82, 2.24) is 9.62 Å². The molecule has 1 aliphatic heterocycles. The van der Waals surface area contributed by atoms with Crippen LogP contribution in [0.4, 0.5) is 0 Å². The number of hydrogen-bond donors (Lipinski definition) is 1. The molecule has 26 heavy (non-hydrogen) atoms. The predicted octanol–water partition coefficient (Wildman–Crippen LogP) is 3.30. The molecule has 1 aromatic carbocycles. The number of hydrogen-bond acceptors (Lipinski definition) is 4. The number of halogens is 1. The Kier molecular flexibility index (Phi) is 6.34. The van der Waals surface area contributed by atoms with Crippen molar-refractivity contribution in [2.75, 3.05) is 13.1 Å². The number of nitrogens with one attached hydrogen (secondary N) is 1. The van der Waals surface area contributed by atoms with Crippen molar-refractivity contribution in [3.8, 4) is 0 Å². The van der Waals surface area contributed by atoms with E-state index in [1.54, 1.807) is 23.6 Å². The first-order chi connectivity index (χ1) is 12.5. The summed E-state index contributed by atoms with van der Waals surface area (Å²) in [7, 11) is -3.62. The summed E-state index contributed by atoms with van der Waals surface area (Å²) >= 11 is 7.15. The standard InChI is InChI=1S/C18H21ClN2O3S2/c19-15-6-3-5-14(13-15)9-10-20-18(22)16-7-1-2-11-21(16)26(23,24)17-8-4-12-25-17/h3-6,8,12-13,16H,1-2,7,9-11H2,(H,20,22)/t16-/m0/s1. The molecule has 0 aliphatic carbocycles. The molecule has 0 bridgehead atoms. The topological polar surface area (TPSA) is 66.5 Å². The SMILES string of the molecule is O=C(NCCc1cccc(Cl)c1)[C@@H]1CCCCN1S(=O)(=O)c1cccs1. The number of amides is 1. The number of thiophene rings is 1. The predicted molar refractivity (Wildman–Crippen MR) is 104 cm³/mol. The maximum Gasteiger partial charge on any atom is 0.253 e. The molecule has 0 unspecified atom stereocenters. The van der Waals surface area contributed by atoms with Gasteiger partial charge in [0.1, 0.15) is 10.3 Å². The second-order valence-corrected chi connectivity index (χ2v) is 9.73. The lowest BCUT2D eigenvalue weighted by Crippen LogP contribution is -2.51. The Balaban J connectivity index is 1.64. The third kappa shape index (κ3) is 4.46. The van der Waals surface area contributed by atoms with Gasteiger partial charge >= 0.3 is 0 Å². The van der Waals surface area contributed by atoms with Crippen LogP contribution in [0.3, 0.4) is 0 Å². The van der Waals surface area contributed by atoms with E-state index >= 15 is 0 Å². The molecular weight excluding hydrogens is 392 g/mol. The summed E-state index contributed by atoms with van der Waals surface area (Å²) in [6.45, 7) is 0.829. The van der Waals surface area contributed by atoms with Crippen molar-refractivity contribution in [2.24, 2.45) is 0 Å². The number of nitrogens with zero attached hydrogens (tertiary/aromatic N) is 1. The lowest BCUT2D eigenvalue weighted by molar-refractivity contribution is -0.125. The average Bonchev–Trinajstić information content (AvgIpc) is 3.17. The zero-order valence-electron chi connectivity index (χ0n) is 14.2. The fraction of sp³-hybridized carbons (Fsp3) is 0.389. The Hall–Kier alpha value is -1.41. The fourth-order valence-corrected chi connectivity index (χ4v) is 6.11. The number of sulfonamides is 1. The maximum absolute atomic E-state index is 12.8. The van der Waals surface area contributed by atoms with Crippen LogP contribution in [0.5, 0.6) is 0 Å². The van der Waals surface area contributed by atoms with Crippen LogP contribution >= 0.6 is 22.9 Å². The zero-order valence-corrected chi connectivity index (χ0v) is 16.6. The summed E-state index contributed by atoms with van der Waals surface area (Å²) in [5.74, 6) is -0.230. The van der Waals surface area contributed by atoms with E-state index in [0.717, 1.165) is 18.4 Å². The van der Waals surface area contributed by atoms with E-state index in [1.165, 1.54) is 15.6 Å². The van der Waals surface area contributed by atoms with Crippen LogP contribution in [-0.2, 0) is 21.2 Å². The van der Waals surface area contributed by atoms with E-state index in [1.807, 2.05) is 18.2 Å². The molecule has 1 aromatic heterocycles. The van der Waals surface area contributed by atoms with Gasteiger partial charge in [0.25, 0.3) is 10.0 Å². The fourth-order valence-electron chi connectivity index (χ4n) is 3.12. The first kappa shape index (κ1) is 19.4. The van der Waals surface area contributed by atoms with Crippen molar-refractivity contribution in [1.29, 1.82) is 0 Å². The van der Waals surface area contributed by atoms with Crippen molar-refractivity contribution in [3.05, 3.63) is 52.4 Å². The summed E-state index contributed by atoms with van der Waals surface area (Å²) in [6.07, 6.45) is 2.82. The molecule has 2 aromatic rings. The van der Waals surface area contributed by atoms with E-state index in [0.29, 0.717) is 31.0 Å². The third-order valence-electron chi connectivity index (χ3n) is 4.42. The molecule has 0 saturated carbocycles. The Morgan fingerprint density at radius 1 is 1.27 bits per heavy atom. The van der Waals surface area contributed by atoms with Gasteiger partial charge in [-0.15, -0.1) is 11.3 Å². The van der Waals surface area contributed by atoms with Gasteiger partial charge in [-0.25, -0.2) is 8.42 Å². The average molecular weight is 413 g/mol. The third-order valence-corrected chi connectivity index (χ3v) is 7.93. The number of benzene rings is 1. The molecule has 1 aliphatic rings. The van der Waals surface area contributed by atoms with Crippen LogP contribution in [0.2, 0.25) is 5.02 Å². The Morgan fingerprint density at radius 3 is 2.85 bits per heavy atom. The number of piperidine rings is 1. The summed E-state index contributed by atoms with van der Waals surface area (Å²) in [5, 5.41) is 5.28. The van der Waals surface area contributed by atoms with Gasteiger partial charge in [-0.05, 0) is 48.4 Å². The molecular formula is C18H21ClN2O3S2. The summed E-state index contributed by atoms with van der Waals surface area (Å²) < 4.78 is 27.3. The van der Waals surface area contributed by atoms with Crippen LogP contribution in [0.1, 0.15) is 24.8 Å². The summed E-state index contributed by atoms with van der Waals surface area (Å²) in [4.78, 5) is 12.6. The summed E-state index contributed by atoms with van der Waals surface area (Å²) in [6, 6.07) is 10.1. The van der Waals surface area contributed by atoms with Crippen molar-refractivity contribution < 1.29 is 13.2 Å². The molecule has 0 spiro atoms.